The van der Waals surface area contributed by atoms with Gasteiger partial charge in [0.2, 0.25) is 5.91 Å². The molecule has 0 saturated carbocycles. The van der Waals surface area contributed by atoms with Crippen molar-refractivity contribution in [3.8, 4) is 0 Å². The van der Waals surface area contributed by atoms with Gasteiger partial charge in [0.1, 0.15) is 0 Å². The lowest BCUT2D eigenvalue weighted by molar-refractivity contribution is -0.134. The summed E-state index contributed by atoms with van der Waals surface area (Å²) in [6.45, 7) is 7.80. The number of rotatable bonds is 3. The molecule has 5 aliphatic rings. The number of para-hydroxylation sites is 1. The van der Waals surface area contributed by atoms with Gasteiger partial charge in [0.25, 0.3) is 0 Å². The number of benzene rings is 1. The molecule has 1 aromatic carbocycles. The molecule has 172 valence electrons. The number of carbonyl (C=O) groups is 1. The molecule has 5 heteroatoms. The zero-order valence-corrected chi connectivity index (χ0v) is 19.4. The Labute approximate surface area is 193 Å². The Kier molecular flexibility index (Phi) is 5.72. The van der Waals surface area contributed by atoms with Crippen LogP contribution >= 0.6 is 0 Å². The van der Waals surface area contributed by atoms with Crippen molar-refractivity contribution in [3.63, 3.8) is 0 Å². The lowest BCUT2D eigenvalue weighted by Crippen LogP contribution is -2.60. The highest BCUT2D eigenvalue weighted by molar-refractivity contribution is 5.78. The van der Waals surface area contributed by atoms with Crippen molar-refractivity contribution < 1.29 is 4.79 Å². The van der Waals surface area contributed by atoms with E-state index >= 15 is 0 Å². The molecule has 4 atom stereocenters. The number of anilines is 1. The van der Waals surface area contributed by atoms with Crippen LogP contribution in [0.25, 0.3) is 0 Å². The first-order chi connectivity index (χ1) is 15.8. The van der Waals surface area contributed by atoms with Crippen molar-refractivity contribution in [3.05, 3.63) is 42.0 Å². The zero-order chi connectivity index (χ0) is 21.5. The molecule has 4 saturated heterocycles. The Morgan fingerprint density at radius 3 is 2.62 bits per heavy atom. The largest absolute Gasteiger partial charge is 0.368 e. The molecule has 0 radical (unpaired) electrons. The molecule has 32 heavy (non-hydrogen) atoms. The first-order valence-corrected chi connectivity index (χ1v) is 13.0. The maximum atomic E-state index is 13.3. The second-order valence-electron chi connectivity index (χ2n) is 10.7. The minimum atomic E-state index is 0.341. The smallest absolute Gasteiger partial charge is 0.236 e. The van der Waals surface area contributed by atoms with E-state index in [4.69, 9.17) is 0 Å². The summed E-state index contributed by atoms with van der Waals surface area (Å²) in [6, 6.07) is 11.9. The lowest BCUT2D eigenvalue weighted by Gasteiger charge is -2.54. The van der Waals surface area contributed by atoms with E-state index in [1.807, 2.05) is 0 Å². The molecule has 2 unspecified atom stereocenters. The normalized spacial score (nSPS) is 33.3. The van der Waals surface area contributed by atoms with Crippen LogP contribution in [0.15, 0.2) is 42.0 Å². The van der Waals surface area contributed by atoms with Crippen molar-refractivity contribution in [1.29, 1.82) is 0 Å². The summed E-state index contributed by atoms with van der Waals surface area (Å²) in [5, 5.41) is 0. The van der Waals surface area contributed by atoms with E-state index < -0.39 is 0 Å². The molecule has 1 aliphatic carbocycles. The summed E-state index contributed by atoms with van der Waals surface area (Å²) >= 11 is 0. The topological polar surface area (TPSA) is 30.0 Å². The minimum Gasteiger partial charge on any atom is -0.368 e. The number of hydrogen-bond donors (Lipinski definition) is 0. The minimum absolute atomic E-state index is 0.341. The van der Waals surface area contributed by atoms with Crippen LogP contribution in [0.3, 0.4) is 0 Å². The number of fused-ring (bicyclic) bond motifs is 6. The Morgan fingerprint density at radius 2 is 1.78 bits per heavy atom. The quantitative estimate of drug-likeness (QED) is 0.684. The van der Waals surface area contributed by atoms with Crippen molar-refractivity contribution in [2.75, 3.05) is 57.3 Å². The summed E-state index contributed by atoms with van der Waals surface area (Å²) in [4.78, 5) is 23.2. The summed E-state index contributed by atoms with van der Waals surface area (Å²) in [5.41, 5.74) is 2.94. The van der Waals surface area contributed by atoms with E-state index in [2.05, 4.69) is 56.0 Å². The number of nitrogens with zero attached hydrogens (tertiary/aromatic N) is 4. The number of carbonyl (C=O) groups excluding carboxylic acids is 1. The van der Waals surface area contributed by atoms with Crippen LogP contribution in [-0.4, -0.2) is 85.0 Å². The highest BCUT2D eigenvalue weighted by Gasteiger charge is 2.46. The van der Waals surface area contributed by atoms with Gasteiger partial charge in [-0.3, -0.25) is 14.6 Å². The van der Waals surface area contributed by atoms with Crippen molar-refractivity contribution in [1.82, 2.24) is 14.7 Å². The molecule has 6 rings (SSSR count). The van der Waals surface area contributed by atoms with Crippen LogP contribution in [0.5, 0.6) is 0 Å². The number of likely N-dealkylation sites (tertiary alicyclic amines) is 1. The van der Waals surface area contributed by atoms with Crippen LogP contribution in [0.2, 0.25) is 0 Å². The summed E-state index contributed by atoms with van der Waals surface area (Å²) in [6.07, 6.45) is 10.6. The molecule has 4 heterocycles. The first kappa shape index (κ1) is 20.7. The average Bonchev–Trinajstić information content (AvgIpc) is 2.85. The van der Waals surface area contributed by atoms with E-state index in [1.54, 1.807) is 5.57 Å². The van der Waals surface area contributed by atoms with E-state index in [-0.39, 0.29) is 0 Å². The third kappa shape index (κ3) is 3.88. The highest BCUT2D eigenvalue weighted by Crippen LogP contribution is 2.44. The Balaban J connectivity index is 1.11. The molecule has 4 aliphatic heterocycles. The summed E-state index contributed by atoms with van der Waals surface area (Å²) < 4.78 is 0. The lowest BCUT2D eigenvalue weighted by atomic mass is 9.68. The van der Waals surface area contributed by atoms with Gasteiger partial charge in [-0.05, 0) is 69.2 Å². The number of amides is 1. The summed E-state index contributed by atoms with van der Waals surface area (Å²) in [7, 11) is 0. The number of piperazine rings is 1. The molecule has 4 fully saturated rings. The Hall–Kier alpha value is -1.85. The van der Waals surface area contributed by atoms with Gasteiger partial charge in [-0.15, -0.1) is 0 Å². The zero-order valence-electron chi connectivity index (χ0n) is 19.4. The monoisotopic (exact) mass is 434 g/mol. The molecule has 0 spiro atoms. The van der Waals surface area contributed by atoms with E-state index in [0.717, 1.165) is 50.6 Å². The third-order valence-corrected chi connectivity index (χ3v) is 8.85. The van der Waals surface area contributed by atoms with E-state index in [9.17, 15) is 4.79 Å². The van der Waals surface area contributed by atoms with Crippen LogP contribution < -0.4 is 4.90 Å². The van der Waals surface area contributed by atoms with E-state index in [1.165, 1.54) is 57.3 Å². The first-order valence-electron chi connectivity index (χ1n) is 13.0. The van der Waals surface area contributed by atoms with Gasteiger partial charge in [0.15, 0.2) is 0 Å². The predicted molar refractivity (Wildman–Crippen MR) is 129 cm³/mol. The molecule has 0 aromatic heterocycles. The second-order valence-corrected chi connectivity index (χ2v) is 10.7. The van der Waals surface area contributed by atoms with Gasteiger partial charge in [-0.1, -0.05) is 36.3 Å². The predicted octanol–water partition coefficient (Wildman–Crippen LogP) is 3.23. The van der Waals surface area contributed by atoms with Gasteiger partial charge in [0.05, 0.1) is 6.54 Å². The molecular formula is C27H38N4O. The van der Waals surface area contributed by atoms with Gasteiger partial charge in [-0.2, -0.15) is 0 Å². The fraction of sp³-hybridized carbons (Fsp3) is 0.667. The average molecular weight is 435 g/mol. The third-order valence-electron chi connectivity index (χ3n) is 8.85. The van der Waals surface area contributed by atoms with Crippen molar-refractivity contribution >= 4 is 11.6 Å². The second kappa shape index (κ2) is 8.83. The van der Waals surface area contributed by atoms with Gasteiger partial charge >= 0.3 is 0 Å². The maximum absolute atomic E-state index is 13.3. The number of piperidine rings is 3. The van der Waals surface area contributed by atoms with Crippen LogP contribution in [0, 0.1) is 11.8 Å². The SMILES string of the molecule is O=C(CN1CCCC2=CC3CC(CN4CCCC[C@H]34)[C@@H]21)N1CCN(c2ccccc2)CC1. The van der Waals surface area contributed by atoms with Gasteiger partial charge in [0, 0.05) is 50.5 Å². The molecular weight excluding hydrogens is 396 g/mol. The van der Waals surface area contributed by atoms with Gasteiger partial charge < -0.3 is 9.80 Å². The van der Waals surface area contributed by atoms with E-state index in [0.29, 0.717) is 18.5 Å². The standard InChI is InChI=1S/C27H38N4O/c32-26(29-15-13-28(14-16-29)24-8-2-1-3-9-24)20-31-12-6-7-21-17-22-18-23(27(21)31)19-30-11-5-4-10-25(22)30/h1-3,8-9,17,22-23,25,27H,4-7,10-16,18-20H2/t22?,23?,25-,27-/m1/s1. The Morgan fingerprint density at radius 1 is 0.938 bits per heavy atom. The van der Waals surface area contributed by atoms with Crippen LogP contribution in [0.4, 0.5) is 5.69 Å². The van der Waals surface area contributed by atoms with Crippen LogP contribution in [0.1, 0.15) is 38.5 Å². The highest BCUT2D eigenvalue weighted by atomic mass is 16.2. The fourth-order valence-corrected chi connectivity index (χ4v) is 7.39. The molecule has 2 bridgehead atoms. The van der Waals surface area contributed by atoms with Crippen LogP contribution in [-0.2, 0) is 4.79 Å². The Bertz CT molecular complexity index is 846. The molecule has 0 N–H and O–H groups in total. The molecule has 5 nitrogen and oxygen atoms in total. The summed E-state index contributed by atoms with van der Waals surface area (Å²) in [5.74, 6) is 1.83. The maximum Gasteiger partial charge on any atom is 0.236 e. The number of hydrogen-bond acceptors (Lipinski definition) is 4. The molecule has 1 aromatic rings. The van der Waals surface area contributed by atoms with Crippen molar-refractivity contribution in [2.24, 2.45) is 11.8 Å². The van der Waals surface area contributed by atoms with Crippen molar-refractivity contribution in [2.45, 2.75) is 50.6 Å². The molecule has 1 amide bonds. The fourth-order valence-electron chi connectivity index (χ4n) is 7.39. The van der Waals surface area contributed by atoms with Gasteiger partial charge in [-0.25, -0.2) is 0 Å².